The molecular weight excluding hydrogens is 334 g/mol. The van der Waals surface area contributed by atoms with Gasteiger partial charge in [0.15, 0.2) is 0 Å². The van der Waals surface area contributed by atoms with Gasteiger partial charge in [-0.3, -0.25) is 4.99 Å². The van der Waals surface area contributed by atoms with Gasteiger partial charge in [-0.1, -0.05) is 76.9 Å². The van der Waals surface area contributed by atoms with Gasteiger partial charge in [-0.25, -0.2) is 0 Å². The van der Waals surface area contributed by atoms with Crippen LogP contribution in [0.3, 0.4) is 0 Å². The van der Waals surface area contributed by atoms with Gasteiger partial charge in [-0.15, -0.1) is 0 Å². The molecule has 1 aliphatic rings. The largest absolute Gasteiger partial charge is 0.396 e. The molecule has 1 atom stereocenters. The van der Waals surface area contributed by atoms with Gasteiger partial charge in [0.1, 0.15) is 5.66 Å². The van der Waals surface area contributed by atoms with E-state index >= 15 is 0 Å². The Labute approximate surface area is 168 Å². The van der Waals surface area contributed by atoms with E-state index in [4.69, 9.17) is 10.8 Å². The highest BCUT2D eigenvalue weighted by Crippen LogP contribution is 2.14. The zero-order valence-corrected chi connectivity index (χ0v) is 17.9. The summed E-state index contributed by atoms with van der Waals surface area (Å²) in [6, 6.07) is 0. The molecular formula is C23H45N3O. The Morgan fingerprint density at radius 1 is 0.926 bits per heavy atom. The van der Waals surface area contributed by atoms with Gasteiger partial charge >= 0.3 is 0 Å². The fourth-order valence-electron chi connectivity index (χ4n) is 3.63. The summed E-state index contributed by atoms with van der Waals surface area (Å²) in [4.78, 5) is 4.48. The summed E-state index contributed by atoms with van der Waals surface area (Å²) in [5, 5.41) is 12.3. The average Bonchev–Trinajstić information content (AvgIpc) is 3.02. The lowest BCUT2D eigenvalue weighted by molar-refractivity contribution is 0.237. The molecule has 0 saturated carbocycles. The molecule has 4 heteroatoms. The molecule has 0 saturated heterocycles. The number of aliphatic hydroxyl groups is 1. The summed E-state index contributed by atoms with van der Waals surface area (Å²) < 4.78 is 0. The van der Waals surface area contributed by atoms with Crippen LogP contribution in [0, 0.1) is 0 Å². The van der Waals surface area contributed by atoms with E-state index in [2.05, 4.69) is 29.4 Å². The van der Waals surface area contributed by atoms with Crippen molar-refractivity contribution in [1.29, 1.82) is 0 Å². The molecule has 1 aliphatic heterocycles. The third kappa shape index (κ3) is 13.0. The van der Waals surface area contributed by atoms with Crippen LogP contribution in [0.25, 0.3) is 0 Å². The number of nitrogens with two attached hydrogens (primary N) is 1. The summed E-state index contributed by atoms with van der Waals surface area (Å²) in [6.07, 6.45) is 25.0. The van der Waals surface area contributed by atoms with E-state index in [1.165, 1.54) is 89.9 Å². The van der Waals surface area contributed by atoms with Crippen molar-refractivity contribution >= 4 is 5.84 Å². The standard InChI is InChI=1S/C23H45N3O/c1-2-3-4-5-6-7-8-9-10-11-12-13-14-15-16-17-18-22-25-21-23(24,26-22)19-20-27/h9-10,27H,2-8,11-21,24H2,1H3,(H,25,26)/b10-9-. The molecule has 158 valence electrons. The van der Waals surface area contributed by atoms with Crippen LogP contribution in [0.5, 0.6) is 0 Å². The molecule has 1 rings (SSSR count). The highest BCUT2D eigenvalue weighted by atomic mass is 16.3. The first-order valence-corrected chi connectivity index (χ1v) is 11.6. The number of rotatable bonds is 18. The molecule has 0 bridgehead atoms. The van der Waals surface area contributed by atoms with E-state index < -0.39 is 5.66 Å². The van der Waals surface area contributed by atoms with Crippen molar-refractivity contribution in [2.24, 2.45) is 10.7 Å². The van der Waals surface area contributed by atoms with Crippen LogP contribution in [0.15, 0.2) is 17.1 Å². The van der Waals surface area contributed by atoms with Crippen molar-refractivity contribution in [2.45, 2.75) is 115 Å². The molecule has 0 spiro atoms. The maximum atomic E-state index is 9.03. The van der Waals surface area contributed by atoms with E-state index in [1.54, 1.807) is 0 Å². The first kappa shape index (κ1) is 24.2. The molecule has 4 N–H and O–H groups in total. The maximum absolute atomic E-state index is 9.03. The molecule has 27 heavy (non-hydrogen) atoms. The number of allylic oxidation sites excluding steroid dienone is 2. The number of amidine groups is 1. The van der Waals surface area contributed by atoms with Gasteiger partial charge in [-0.2, -0.15) is 0 Å². The lowest BCUT2D eigenvalue weighted by atomic mass is 10.1. The summed E-state index contributed by atoms with van der Waals surface area (Å²) in [5.41, 5.74) is 5.62. The second-order valence-electron chi connectivity index (χ2n) is 8.21. The van der Waals surface area contributed by atoms with Crippen LogP contribution in [-0.4, -0.2) is 29.8 Å². The van der Waals surface area contributed by atoms with Crippen molar-refractivity contribution in [2.75, 3.05) is 13.2 Å². The fraction of sp³-hybridized carbons (Fsp3) is 0.870. The Bertz CT molecular complexity index is 408. The van der Waals surface area contributed by atoms with E-state index in [-0.39, 0.29) is 6.61 Å². The minimum Gasteiger partial charge on any atom is -0.396 e. The number of hydrogen-bond donors (Lipinski definition) is 3. The first-order chi connectivity index (χ1) is 13.2. The molecule has 4 nitrogen and oxygen atoms in total. The minimum atomic E-state index is -0.507. The maximum Gasteiger partial charge on any atom is 0.109 e. The summed E-state index contributed by atoms with van der Waals surface area (Å²) in [7, 11) is 0. The third-order valence-electron chi connectivity index (χ3n) is 5.43. The van der Waals surface area contributed by atoms with Gasteiger partial charge in [-0.05, 0) is 32.1 Å². The number of aliphatic hydroxyl groups excluding tert-OH is 1. The zero-order valence-electron chi connectivity index (χ0n) is 17.9. The molecule has 0 aromatic rings. The molecule has 1 heterocycles. The summed E-state index contributed by atoms with van der Waals surface area (Å²) >= 11 is 0. The van der Waals surface area contributed by atoms with Crippen molar-refractivity contribution in [3.63, 3.8) is 0 Å². The highest BCUT2D eigenvalue weighted by Gasteiger charge is 2.29. The molecule has 0 aromatic carbocycles. The second kappa shape index (κ2) is 16.1. The first-order valence-electron chi connectivity index (χ1n) is 11.6. The topological polar surface area (TPSA) is 70.6 Å². The van der Waals surface area contributed by atoms with Crippen LogP contribution < -0.4 is 11.1 Å². The number of aliphatic imine (C=N–C) groups is 1. The van der Waals surface area contributed by atoms with E-state index in [9.17, 15) is 0 Å². The van der Waals surface area contributed by atoms with E-state index in [0.717, 1.165) is 12.3 Å². The van der Waals surface area contributed by atoms with Crippen molar-refractivity contribution in [3.8, 4) is 0 Å². The Balaban J connectivity index is 1.81. The predicted octanol–water partition coefficient (Wildman–Crippen LogP) is 5.45. The molecule has 0 fully saturated rings. The molecule has 0 radical (unpaired) electrons. The number of unbranched alkanes of at least 4 members (excludes halogenated alkanes) is 12. The van der Waals surface area contributed by atoms with Crippen molar-refractivity contribution in [3.05, 3.63) is 12.2 Å². The fourth-order valence-corrected chi connectivity index (χ4v) is 3.63. The predicted molar refractivity (Wildman–Crippen MR) is 118 cm³/mol. The second-order valence-corrected chi connectivity index (χ2v) is 8.21. The van der Waals surface area contributed by atoms with Crippen LogP contribution in [0.2, 0.25) is 0 Å². The van der Waals surface area contributed by atoms with Gasteiger partial charge in [0, 0.05) is 19.4 Å². The monoisotopic (exact) mass is 379 g/mol. The number of nitrogens with zero attached hydrogens (tertiary/aromatic N) is 1. The summed E-state index contributed by atoms with van der Waals surface area (Å²) in [6.45, 7) is 2.98. The van der Waals surface area contributed by atoms with Crippen LogP contribution in [0.1, 0.15) is 110 Å². The van der Waals surface area contributed by atoms with Gasteiger partial charge in [0.25, 0.3) is 0 Å². The Hall–Kier alpha value is -0.870. The molecule has 0 aliphatic carbocycles. The Morgan fingerprint density at radius 3 is 2.07 bits per heavy atom. The van der Waals surface area contributed by atoms with E-state index in [1.807, 2.05) is 0 Å². The Morgan fingerprint density at radius 2 is 1.48 bits per heavy atom. The van der Waals surface area contributed by atoms with Crippen LogP contribution in [0.4, 0.5) is 0 Å². The highest BCUT2D eigenvalue weighted by molar-refractivity contribution is 5.84. The van der Waals surface area contributed by atoms with E-state index in [0.29, 0.717) is 13.0 Å². The molecule has 0 amide bonds. The average molecular weight is 380 g/mol. The molecule has 1 unspecified atom stereocenters. The van der Waals surface area contributed by atoms with Crippen LogP contribution >= 0.6 is 0 Å². The minimum absolute atomic E-state index is 0.112. The lowest BCUT2D eigenvalue weighted by Gasteiger charge is -2.23. The lowest BCUT2D eigenvalue weighted by Crippen LogP contribution is -2.54. The molecule has 0 aromatic heterocycles. The van der Waals surface area contributed by atoms with Crippen LogP contribution in [-0.2, 0) is 0 Å². The third-order valence-corrected chi connectivity index (χ3v) is 5.43. The van der Waals surface area contributed by atoms with Gasteiger partial charge in [0.2, 0.25) is 0 Å². The normalized spacial score (nSPS) is 19.6. The van der Waals surface area contributed by atoms with Crippen molar-refractivity contribution < 1.29 is 5.11 Å². The SMILES string of the molecule is CCCCCCCC/C=C\CCCCCCCCC1=NCC(N)(CCO)N1. The number of nitrogens with one attached hydrogen (secondary N) is 1. The van der Waals surface area contributed by atoms with Gasteiger partial charge in [0.05, 0.1) is 12.4 Å². The Kier molecular flexibility index (Phi) is 14.4. The smallest absolute Gasteiger partial charge is 0.109 e. The summed E-state index contributed by atoms with van der Waals surface area (Å²) in [5.74, 6) is 1.03. The number of hydrogen-bond acceptors (Lipinski definition) is 4. The van der Waals surface area contributed by atoms with Crippen molar-refractivity contribution in [1.82, 2.24) is 5.32 Å². The quantitative estimate of drug-likeness (QED) is 0.219. The zero-order chi connectivity index (χ0) is 19.6. The van der Waals surface area contributed by atoms with Gasteiger partial charge < -0.3 is 16.2 Å².